The van der Waals surface area contributed by atoms with Gasteiger partial charge >= 0.3 is 0 Å². The Morgan fingerprint density at radius 3 is 2.55 bits per heavy atom. The van der Waals surface area contributed by atoms with Crippen LogP contribution in [0.1, 0.15) is 11.1 Å². The predicted molar refractivity (Wildman–Crippen MR) is 73.9 cm³/mol. The maximum Gasteiger partial charge on any atom is 0.222 e. The minimum atomic E-state index is -0.283. The number of nitrogen functional groups attached to an aromatic ring is 2. The van der Waals surface area contributed by atoms with Crippen molar-refractivity contribution in [3.63, 3.8) is 0 Å². The molecule has 0 saturated carbocycles. The summed E-state index contributed by atoms with van der Waals surface area (Å²) in [6.07, 6.45) is 0. The molecule has 0 amide bonds. The van der Waals surface area contributed by atoms with E-state index in [1.807, 2.05) is 6.07 Å². The van der Waals surface area contributed by atoms with E-state index in [2.05, 4.69) is 9.97 Å². The van der Waals surface area contributed by atoms with Crippen LogP contribution in [-0.4, -0.2) is 20.2 Å². The molecule has 1 aromatic carbocycles. The molecule has 0 aliphatic rings. The molecule has 0 spiro atoms. The Morgan fingerprint density at radius 1 is 1.25 bits per heavy atom. The number of phenolic OH excluding ortho intramolecular Hbond substituents is 2. The summed E-state index contributed by atoms with van der Waals surface area (Å²) in [5.41, 5.74) is 11.8. The van der Waals surface area contributed by atoms with Crippen molar-refractivity contribution >= 4 is 23.4 Å². The molecule has 1 aromatic heterocycles. The highest BCUT2D eigenvalue weighted by Crippen LogP contribution is 2.38. The topological polar surface area (TPSA) is 142 Å². The number of aromatic hydroxyl groups is 2. The lowest BCUT2D eigenvalue weighted by atomic mass is 10.00. The fourth-order valence-corrected chi connectivity index (χ4v) is 2.05. The summed E-state index contributed by atoms with van der Waals surface area (Å²) in [6, 6.07) is 4.33. The van der Waals surface area contributed by atoms with Crippen LogP contribution >= 0.6 is 11.6 Å². The monoisotopic (exact) mass is 291 g/mol. The minimum Gasteiger partial charge on any atom is -0.508 e. The Labute approximate surface area is 119 Å². The third-order valence-corrected chi connectivity index (χ3v) is 2.92. The molecule has 0 aliphatic heterocycles. The summed E-state index contributed by atoms with van der Waals surface area (Å²) in [7, 11) is 0. The highest BCUT2D eigenvalue weighted by atomic mass is 35.5. The fraction of sp³-hybridized carbons (Fsp3) is 0.0833. The number of anilines is 2. The second-order valence-corrected chi connectivity index (χ2v) is 4.20. The lowest BCUT2D eigenvalue weighted by Crippen LogP contribution is -2.06. The van der Waals surface area contributed by atoms with Crippen LogP contribution < -0.4 is 11.5 Å². The maximum atomic E-state index is 9.99. The molecule has 0 atom stereocenters. The summed E-state index contributed by atoms with van der Waals surface area (Å²) in [5.74, 6) is -0.677. The van der Waals surface area contributed by atoms with Gasteiger partial charge in [0.05, 0.1) is 5.69 Å². The van der Waals surface area contributed by atoms with E-state index in [0.717, 1.165) is 6.07 Å². The van der Waals surface area contributed by atoms with E-state index in [-0.39, 0.29) is 46.0 Å². The first-order chi connectivity index (χ1) is 9.47. The molecule has 6 N–H and O–H groups in total. The molecule has 0 fully saturated rings. The second-order valence-electron chi connectivity index (χ2n) is 3.94. The fourth-order valence-electron chi connectivity index (χ4n) is 1.84. The first-order valence-corrected chi connectivity index (χ1v) is 5.95. The summed E-state index contributed by atoms with van der Waals surface area (Å²) in [4.78, 5) is 7.63. The van der Waals surface area contributed by atoms with Crippen LogP contribution in [0.3, 0.4) is 0 Å². The largest absolute Gasteiger partial charge is 0.508 e. The number of aromatic nitrogens is 2. The molecule has 2 aromatic rings. The number of nitrogens with two attached hydrogens (primary N) is 2. The number of rotatable bonds is 2. The third-order valence-electron chi connectivity index (χ3n) is 2.63. The number of halogens is 1. The van der Waals surface area contributed by atoms with Crippen LogP contribution in [-0.2, 0) is 5.88 Å². The number of hydrogen-bond acceptors (Lipinski definition) is 7. The quantitative estimate of drug-likeness (QED) is 0.611. The maximum absolute atomic E-state index is 9.99. The number of nitrogens with zero attached hydrogens (tertiary/aromatic N) is 3. The van der Waals surface area contributed by atoms with E-state index in [1.54, 1.807) is 0 Å². The van der Waals surface area contributed by atoms with Crippen molar-refractivity contribution in [3.8, 4) is 28.8 Å². The van der Waals surface area contributed by atoms with Gasteiger partial charge in [-0.05, 0) is 11.6 Å². The molecular formula is C12H10ClN5O2. The molecule has 102 valence electrons. The number of hydrogen-bond donors (Lipinski definition) is 4. The van der Waals surface area contributed by atoms with Gasteiger partial charge in [-0.1, -0.05) is 0 Å². The Bertz CT molecular complexity index is 727. The summed E-state index contributed by atoms with van der Waals surface area (Å²) in [5, 5.41) is 28.6. The third kappa shape index (κ3) is 2.24. The zero-order valence-electron chi connectivity index (χ0n) is 10.1. The van der Waals surface area contributed by atoms with Crippen LogP contribution in [0.4, 0.5) is 11.8 Å². The van der Waals surface area contributed by atoms with Gasteiger partial charge in [0.25, 0.3) is 0 Å². The summed E-state index contributed by atoms with van der Waals surface area (Å²) < 4.78 is 0. The van der Waals surface area contributed by atoms with Gasteiger partial charge in [0.1, 0.15) is 28.9 Å². The molecule has 2 rings (SSSR count). The van der Waals surface area contributed by atoms with Gasteiger partial charge in [0, 0.05) is 17.5 Å². The molecule has 0 saturated heterocycles. The molecule has 1 heterocycles. The van der Waals surface area contributed by atoms with Crippen LogP contribution in [0.15, 0.2) is 12.1 Å². The first-order valence-electron chi connectivity index (χ1n) is 5.42. The number of phenols is 2. The van der Waals surface area contributed by atoms with Crippen LogP contribution in [0.25, 0.3) is 11.3 Å². The smallest absolute Gasteiger partial charge is 0.222 e. The molecule has 20 heavy (non-hydrogen) atoms. The summed E-state index contributed by atoms with van der Waals surface area (Å²) >= 11 is 5.79. The molecule has 0 bridgehead atoms. The van der Waals surface area contributed by atoms with Crippen LogP contribution in [0.2, 0.25) is 0 Å². The van der Waals surface area contributed by atoms with Crippen LogP contribution in [0.5, 0.6) is 11.5 Å². The summed E-state index contributed by atoms with van der Waals surface area (Å²) in [6.45, 7) is 0. The van der Waals surface area contributed by atoms with Crippen molar-refractivity contribution in [2.24, 2.45) is 0 Å². The Morgan fingerprint density at radius 2 is 1.95 bits per heavy atom. The van der Waals surface area contributed by atoms with Crippen molar-refractivity contribution in [1.82, 2.24) is 9.97 Å². The van der Waals surface area contributed by atoms with Gasteiger partial charge in [-0.25, -0.2) is 4.98 Å². The SMILES string of the molecule is N#Cc1c(N)nc(N)nc1-c1c(O)cc(O)cc1CCl. The van der Waals surface area contributed by atoms with E-state index in [0.29, 0.717) is 5.56 Å². The zero-order valence-corrected chi connectivity index (χ0v) is 10.9. The van der Waals surface area contributed by atoms with Gasteiger partial charge in [-0.2, -0.15) is 10.2 Å². The molecule has 0 unspecified atom stereocenters. The Balaban J connectivity index is 2.85. The molecule has 7 nitrogen and oxygen atoms in total. The van der Waals surface area contributed by atoms with Crippen molar-refractivity contribution in [3.05, 3.63) is 23.3 Å². The predicted octanol–water partition coefficient (Wildman–Crippen LogP) is 1.33. The second kappa shape index (κ2) is 5.11. The van der Waals surface area contributed by atoms with Crippen molar-refractivity contribution in [2.45, 2.75) is 5.88 Å². The highest BCUT2D eigenvalue weighted by molar-refractivity contribution is 6.17. The van der Waals surface area contributed by atoms with E-state index in [4.69, 9.17) is 28.3 Å². The highest BCUT2D eigenvalue weighted by Gasteiger charge is 2.20. The number of alkyl halides is 1. The van der Waals surface area contributed by atoms with Crippen molar-refractivity contribution in [1.29, 1.82) is 5.26 Å². The van der Waals surface area contributed by atoms with Gasteiger partial charge in [0.2, 0.25) is 5.95 Å². The van der Waals surface area contributed by atoms with Crippen molar-refractivity contribution in [2.75, 3.05) is 11.5 Å². The van der Waals surface area contributed by atoms with Crippen molar-refractivity contribution < 1.29 is 10.2 Å². The lowest BCUT2D eigenvalue weighted by molar-refractivity contribution is 0.451. The Hall–Kier alpha value is -2.72. The molecule has 8 heteroatoms. The lowest BCUT2D eigenvalue weighted by Gasteiger charge is -2.12. The number of nitriles is 1. The number of benzene rings is 1. The minimum absolute atomic E-state index is 0.00796. The molecular weight excluding hydrogens is 282 g/mol. The molecule has 0 radical (unpaired) electrons. The van der Waals surface area contributed by atoms with E-state index in [9.17, 15) is 10.2 Å². The molecule has 0 aliphatic carbocycles. The van der Waals surface area contributed by atoms with E-state index in [1.165, 1.54) is 6.07 Å². The van der Waals surface area contributed by atoms with Gasteiger partial charge in [0.15, 0.2) is 0 Å². The first kappa shape index (κ1) is 13.7. The van der Waals surface area contributed by atoms with E-state index < -0.39 is 0 Å². The van der Waals surface area contributed by atoms with Gasteiger partial charge in [-0.15, -0.1) is 11.6 Å². The standard InChI is InChI=1S/C12H10ClN5O2/c13-3-5-1-6(19)2-8(20)9(5)10-7(4-14)11(15)18-12(16)17-10/h1-2,19-20H,3H2,(H4,15,16,17,18). The van der Waals surface area contributed by atoms with Gasteiger partial charge < -0.3 is 21.7 Å². The van der Waals surface area contributed by atoms with Crippen LogP contribution in [0, 0.1) is 11.3 Å². The zero-order chi connectivity index (χ0) is 14.9. The van der Waals surface area contributed by atoms with Gasteiger partial charge in [-0.3, -0.25) is 0 Å². The normalized spacial score (nSPS) is 10.2. The average Bonchev–Trinajstić information content (AvgIpc) is 2.36. The average molecular weight is 292 g/mol. The Kier molecular flexibility index (Phi) is 3.50. The van der Waals surface area contributed by atoms with E-state index >= 15 is 0 Å².